The van der Waals surface area contributed by atoms with Crippen molar-refractivity contribution in [1.82, 2.24) is 19.6 Å². The number of hydrogen-bond donors (Lipinski definition) is 3. The lowest BCUT2D eigenvalue weighted by Gasteiger charge is -2.29. The first-order chi connectivity index (χ1) is 17.1. The molecule has 10 heteroatoms. The summed E-state index contributed by atoms with van der Waals surface area (Å²) in [6.45, 7) is 4.64. The summed E-state index contributed by atoms with van der Waals surface area (Å²) >= 11 is 1.55. The number of nitrogens with zero attached hydrogens (tertiary/aromatic N) is 3. The molecule has 2 aromatic carbocycles. The molecule has 1 aliphatic rings. The lowest BCUT2D eigenvalue weighted by atomic mass is 9.99. The Kier molecular flexibility index (Phi) is 8.73. The van der Waals surface area contributed by atoms with Gasteiger partial charge in [-0.3, -0.25) is 4.72 Å². The highest BCUT2D eigenvalue weighted by atomic mass is 32.2. The lowest BCUT2D eigenvalue weighted by Crippen LogP contribution is -2.35. The fourth-order valence-electron chi connectivity index (χ4n) is 3.90. The number of likely N-dealkylation sites (tertiary alicyclic amines) is 1. The third-order valence-electron chi connectivity index (χ3n) is 5.79. The number of piperidine rings is 1. The normalized spacial score (nSPS) is 14.5. The second-order valence-electron chi connectivity index (χ2n) is 8.49. The average molecular weight is 492 g/mol. The molecular weight excluding hydrogens is 459 g/mol. The third-order valence-corrected chi connectivity index (χ3v) is 6.57. The van der Waals surface area contributed by atoms with Crippen molar-refractivity contribution in [2.75, 3.05) is 44.4 Å². The van der Waals surface area contributed by atoms with Crippen LogP contribution in [0.25, 0.3) is 0 Å². The Balaban J connectivity index is 1.51. The maximum Gasteiger partial charge on any atom is 0.229 e. The van der Waals surface area contributed by atoms with Gasteiger partial charge in [-0.25, -0.2) is 4.98 Å². The van der Waals surface area contributed by atoms with E-state index < -0.39 is 0 Å². The van der Waals surface area contributed by atoms with Gasteiger partial charge in [-0.1, -0.05) is 12.1 Å². The van der Waals surface area contributed by atoms with Crippen LogP contribution in [0.3, 0.4) is 0 Å². The molecule has 1 fully saturated rings. The lowest BCUT2D eigenvalue weighted by molar-refractivity contribution is 0.114. The number of ether oxygens (including phenoxy) is 2. The van der Waals surface area contributed by atoms with E-state index >= 15 is 0 Å². The van der Waals surface area contributed by atoms with Crippen LogP contribution in [0.15, 0.2) is 53.6 Å². The number of benzene rings is 2. The monoisotopic (exact) mass is 492 g/mol. The van der Waals surface area contributed by atoms with Gasteiger partial charge in [0.05, 0.1) is 18.0 Å². The van der Waals surface area contributed by atoms with Crippen LogP contribution < -0.4 is 30.3 Å². The highest BCUT2D eigenvalue weighted by Gasteiger charge is 2.19. The van der Waals surface area contributed by atoms with Crippen LogP contribution in [0, 0.1) is 0 Å². The quantitative estimate of drug-likeness (QED) is 0.292. The summed E-state index contributed by atoms with van der Waals surface area (Å²) in [6.07, 6.45) is 4.11. The minimum Gasteiger partial charge on any atom is -0.492 e. The largest absolute Gasteiger partial charge is 0.492 e. The SMILES string of the molecule is Bc1cnc(Nc2ccc(OC3CCN(C)CC3)cc2OCC)nc1Nc1ccccc1SNC. The molecular formula is C25H33BN6O2S. The number of rotatable bonds is 10. The van der Waals surface area contributed by atoms with Crippen LogP contribution in [0.2, 0.25) is 0 Å². The maximum atomic E-state index is 6.25. The molecule has 2 heterocycles. The Morgan fingerprint density at radius 3 is 2.69 bits per heavy atom. The molecule has 0 radical (unpaired) electrons. The number of para-hydroxylation sites is 1. The zero-order valence-corrected chi connectivity index (χ0v) is 21.6. The molecule has 0 bridgehead atoms. The van der Waals surface area contributed by atoms with Crippen LogP contribution >= 0.6 is 11.9 Å². The van der Waals surface area contributed by atoms with E-state index in [1.165, 1.54) is 0 Å². The number of nitrogens with one attached hydrogen (secondary N) is 3. The predicted octanol–water partition coefficient (Wildman–Crippen LogP) is 3.32. The Morgan fingerprint density at radius 2 is 1.91 bits per heavy atom. The van der Waals surface area contributed by atoms with Crippen molar-refractivity contribution in [3.63, 3.8) is 0 Å². The summed E-state index contributed by atoms with van der Waals surface area (Å²) in [7, 11) is 6.04. The predicted molar refractivity (Wildman–Crippen MR) is 147 cm³/mol. The van der Waals surface area contributed by atoms with Crippen LogP contribution in [0.4, 0.5) is 23.1 Å². The highest BCUT2D eigenvalue weighted by molar-refractivity contribution is 7.97. The Morgan fingerprint density at radius 1 is 1.11 bits per heavy atom. The van der Waals surface area contributed by atoms with Gasteiger partial charge in [-0.2, -0.15) is 4.98 Å². The van der Waals surface area contributed by atoms with Crippen molar-refractivity contribution in [3.05, 3.63) is 48.7 Å². The Bertz CT molecular complexity index is 1130. The fourth-order valence-corrected chi connectivity index (χ4v) is 4.49. The molecule has 8 nitrogen and oxygen atoms in total. The van der Waals surface area contributed by atoms with Gasteiger partial charge in [0.2, 0.25) is 5.95 Å². The molecule has 0 spiro atoms. The third kappa shape index (κ3) is 6.81. The van der Waals surface area contributed by atoms with E-state index in [-0.39, 0.29) is 6.10 Å². The van der Waals surface area contributed by atoms with Crippen molar-refractivity contribution in [2.45, 2.75) is 30.8 Å². The summed E-state index contributed by atoms with van der Waals surface area (Å²) < 4.78 is 15.3. The summed E-state index contributed by atoms with van der Waals surface area (Å²) in [4.78, 5) is 12.6. The molecule has 4 rings (SSSR count). The van der Waals surface area contributed by atoms with Crippen molar-refractivity contribution in [3.8, 4) is 11.5 Å². The molecule has 0 saturated carbocycles. The van der Waals surface area contributed by atoms with Crippen LogP contribution in [0.5, 0.6) is 11.5 Å². The molecule has 0 atom stereocenters. The van der Waals surface area contributed by atoms with Crippen LogP contribution in [-0.2, 0) is 0 Å². The van der Waals surface area contributed by atoms with Gasteiger partial charge < -0.3 is 25.0 Å². The zero-order chi connectivity index (χ0) is 24.6. The van der Waals surface area contributed by atoms with Gasteiger partial charge in [0.1, 0.15) is 31.3 Å². The molecule has 1 aromatic heterocycles. The van der Waals surface area contributed by atoms with Gasteiger partial charge in [0.15, 0.2) is 0 Å². The Labute approximate surface area is 212 Å². The summed E-state index contributed by atoms with van der Waals surface area (Å²) in [6, 6.07) is 14.0. The van der Waals surface area contributed by atoms with E-state index in [2.05, 4.69) is 38.4 Å². The summed E-state index contributed by atoms with van der Waals surface area (Å²) in [5.41, 5.74) is 2.72. The maximum absolute atomic E-state index is 6.25. The van der Waals surface area contributed by atoms with Crippen LogP contribution in [0.1, 0.15) is 19.8 Å². The van der Waals surface area contributed by atoms with Crippen LogP contribution in [-0.4, -0.2) is 62.6 Å². The molecule has 3 aromatic rings. The molecule has 3 N–H and O–H groups in total. The van der Waals surface area contributed by atoms with E-state index in [1.807, 2.05) is 64.4 Å². The molecule has 184 valence electrons. The van der Waals surface area contributed by atoms with E-state index in [4.69, 9.17) is 14.5 Å². The Hall–Kier alpha value is -2.95. The second kappa shape index (κ2) is 12.1. The number of aromatic nitrogens is 2. The summed E-state index contributed by atoms with van der Waals surface area (Å²) in [5, 5.41) is 6.76. The first-order valence-corrected chi connectivity index (χ1v) is 12.8. The van der Waals surface area contributed by atoms with E-state index in [9.17, 15) is 0 Å². The molecule has 0 aliphatic carbocycles. The minimum absolute atomic E-state index is 0.234. The van der Waals surface area contributed by atoms with E-state index in [0.717, 1.165) is 59.2 Å². The average Bonchev–Trinajstić information content (AvgIpc) is 2.86. The second-order valence-corrected chi connectivity index (χ2v) is 9.54. The zero-order valence-electron chi connectivity index (χ0n) is 20.8. The molecule has 1 aliphatic heterocycles. The summed E-state index contributed by atoms with van der Waals surface area (Å²) in [5.74, 6) is 2.76. The topological polar surface area (TPSA) is 83.6 Å². The smallest absolute Gasteiger partial charge is 0.229 e. The van der Waals surface area contributed by atoms with Crippen molar-refractivity contribution in [2.24, 2.45) is 0 Å². The van der Waals surface area contributed by atoms with Crippen molar-refractivity contribution >= 4 is 48.4 Å². The molecule has 35 heavy (non-hydrogen) atoms. The molecule has 0 unspecified atom stereocenters. The number of anilines is 4. The van der Waals surface area contributed by atoms with Gasteiger partial charge in [-0.15, -0.1) is 0 Å². The first kappa shape index (κ1) is 25.2. The number of hydrogen-bond acceptors (Lipinski definition) is 9. The minimum atomic E-state index is 0.234. The van der Waals surface area contributed by atoms with Gasteiger partial charge in [0, 0.05) is 30.2 Å². The fraction of sp³-hybridized carbons (Fsp3) is 0.360. The molecule has 0 amide bonds. The van der Waals surface area contributed by atoms with Gasteiger partial charge in [-0.05, 0) is 75.5 Å². The van der Waals surface area contributed by atoms with E-state index in [0.29, 0.717) is 18.3 Å². The van der Waals surface area contributed by atoms with Crippen molar-refractivity contribution in [1.29, 1.82) is 0 Å². The standard InChI is InChI=1S/C25H33BN6O2S/c1-4-33-22-15-18(34-17-11-13-32(3)14-12-17)9-10-20(22)30-25-28-16-19(26)24(31-25)29-21-7-5-6-8-23(21)35-27-2/h5-10,15-17,27H,4,11-14,26H2,1-3H3,(H2,28,29,30,31). The van der Waals surface area contributed by atoms with Crippen molar-refractivity contribution < 1.29 is 9.47 Å². The van der Waals surface area contributed by atoms with Gasteiger partial charge in [0.25, 0.3) is 0 Å². The van der Waals surface area contributed by atoms with E-state index in [1.54, 1.807) is 11.9 Å². The molecule has 1 saturated heterocycles. The highest BCUT2D eigenvalue weighted by Crippen LogP contribution is 2.33. The van der Waals surface area contributed by atoms with Gasteiger partial charge >= 0.3 is 0 Å². The first-order valence-electron chi connectivity index (χ1n) is 12.0.